The molecule has 0 bridgehead atoms. The smallest absolute Gasteiger partial charge is 0.408 e. The van der Waals surface area contributed by atoms with E-state index in [0.29, 0.717) is 11.4 Å². The lowest BCUT2D eigenvalue weighted by atomic mass is 9.96. The van der Waals surface area contributed by atoms with E-state index in [1.165, 1.54) is 0 Å². The van der Waals surface area contributed by atoms with E-state index >= 15 is 0 Å². The van der Waals surface area contributed by atoms with Crippen molar-refractivity contribution in [3.63, 3.8) is 0 Å². The monoisotopic (exact) mass is 409 g/mol. The van der Waals surface area contributed by atoms with Crippen LogP contribution >= 0.6 is 23.2 Å². The molecule has 27 heavy (non-hydrogen) atoms. The topological polar surface area (TPSA) is 64.6 Å². The highest BCUT2D eigenvalue weighted by atomic mass is 35.5. The van der Waals surface area contributed by atoms with Crippen molar-refractivity contribution in [2.45, 2.75) is 31.4 Å². The van der Waals surface area contributed by atoms with Crippen LogP contribution in [0.15, 0.2) is 54.6 Å². The molecule has 5 nitrogen and oxygen atoms in total. The maximum atomic E-state index is 12.6. The summed E-state index contributed by atoms with van der Waals surface area (Å²) in [6.07, 6.45) is -0.286. The zero-order valence-electron chi connectivity index (χ0n) is 14.9. The van der Waals surface area contributed by atoms with Crippen molar-refractivity contribution in [3.05, 3.63) is 70.7 Å². The van der Waals surface area contributed by atoms with Gasteiger partial charge in [-0.3, -0.25) is 4.79 Å². The number of nitrogens with one attached hydrogen (secondary N) is 1. The first-order chi connectivity index (χ1) is 13.0. The van der Waals surface area contributed by atoms with Crippen LogP contribution in [0.2, 0.25) is 5.02 Å². The minimum Gasteiger partial charge on any atom is -0.460 e. The average molecular weight is 410 g/mol. The van der Waals surface area contributed by atoms with Gasteiger partial charge in [-0.2, -0.15) is 0 Å². The molecule has 2 atom stereocenters. The summed E-state index contributed by atoms with van der Waals surface area (Å²) in [7, 11) is 0. The molecule has 1 amide bonds. The van der Waals surface area contributed by atoms with Gasteiger partial charge < -0.3 is 14.8 Å². The maximum Gasteiger partial charge on any atom is 0.408 e. The highest BCUT2D eigenvalue weighted by Gasteiger charge is 2.22. The second-order valence-corrected chi connectivity index (χ2v) is 6.91. The van der Waals surface area contributed by atoms with Gasteiger partial charge in [-0.25, -0.2) is 4.79 Å². The molecule has 7 heteroatoms. The molecule has 2 aromatic carbocycles. The second kappa shape index (κ2) is 10.8. The van der Waals surface area contributed by atoms with E-state index in [1.807, 2.05) is 30.3 Å². The van der Waals surface area contributed by atoms with Crippen molar-refractivity contribution < 1.29 is 19.1 Å². The number of halogens is 2. The van der Waals surface area contributed by atoms with Crippen LogP contribution in [0.1, 0.15) is 30.4 Å². The molecule has 1 N–H and O–H groups in total. The molecule has 0 aliphatic rings. The van der Waals surface area contributed by atoms with Gasteiger partial charge in [-0.05, 0) is 36.6 Å². The van der Waals surface area contributed by atoms with Crippen LogP contribution in [0.3, 0.4) is 0 Å². The number of carbonyl (C=O) groups is 2. The van der Waals surface area contributed by atoms with Gasteiger partial charge in [-0.15, -0.1) is 0 Å². The van der Waals surface area contributed by atoms with E-state index in [-0.39, 0.29) is 19.1 Å². The Kier molecular flexibility index (Phi) is 8.43. The molecule has 0 aromatic heterocycles. The maximum absolute atomic E-state index is 12.6. The van der Waals surface area contributed by atoms with Crippen LogP contribution in [0, 0.1) is 0 Å². The van der Waals surface area contributed by atoms with Gasteiger partial charge in [0.05, 0.1) is 5.92 Å². The van der Waals surface area contributed by atoms with Crippen molar-refractivity contribution in [1.82, 2.24) is 5.32 Å². The molecule has 0 aliphatic carbocycles. The molecule has 0 radical (unpaired) electrons. The molecule has 0 aliphatic heterocycles. The van der Waals surface area contributed by atoms with Crippen LogP contribution in [-0.4, -0.2) is 24.2 Å². The Morgan fingerprint density at radius 2 is 1.74 bits per heavy atom. The zero-order valence-corrected chi connectivity index (χ0v) is 16.4. The summed E-state index contributed by atoms with van der Waals surface area (Å²) in [4.78, 5) is 24.2. The number of amides is 1. The van der Waals surface area contributed by atoms with E-state index < -0.39 is 17.6 Å². The van der Waals surface area contributed by atoms with Crippen molar-refractivity contribution in [2.75, 3.05) is 6.54 Å². The molecule has 0 heterocycles. The minimum atomic E-state index is -0.729. The first kappa shape index (κ1) is 21.1. The molecular weight excluding hydrogens is 389 g/mol. The molecule has 0 saturated heterocycles. The van der Waals surface area contributed by atoms with Crippen LogP contribution in [0.5, 0.6) is 0 Å². The molecule has 0 saturated carbocycles. The van der Waals surface area contributed by atoms with E-state index in [1.54, 1.807) is 31.2 Å². The Morgan fingerprint density at radius 1 is 1.07 bits per heavy atom. The molecular formula is C20H21Cl2NO4. The number of benzene rings is 2. The number of esters is 1. The van der Waals surface area contributed by atoms with E-state index in [2.05, 4.69) is 5.32 Å². The molecule has 2 unspecified atom stereocenters. The lowest BCUT2D eigenvalue weighted by Crippen LogP contribution is -2.29. The summed E-state index contributed by atoms with van der Waals surface area (Å²) in [6.45, 7) is 1.96. The van der Waals surface area contributed by atoms with Gasteiger partial charge in [0.25, 0.3) is 0 Å². The quantitative estimate of drug-likeness (QED) is 0.498. The largest absolute Gasteiger partial charge is 0.460 e. The third-order valence-corrected chi connectivity index (χ3v) is 4.09. The summed E-state index contributed by atoms with van der Waals surface area (Å²) in [5.41, 5.74) is 0.935. The first-order valence-electron chi connectivity index (χ1n) is 8.50. The fourth-order valence-electron chi connectivity index (χ4n) is 2.45. The fourth-order valence-corrected chi connectivity index (χ4v) is 2.66. The van der Waals surface area contributed by atoms with E-state index in [0.717, 1.165) is 11.1 Å². The van der Waals surface area contributed by atoms with Gasteiger partial charge in [-0.1, -0.05) is 65.7 Å². The Morgan fingerprint density at radius 3 is 2.37 bits per heavy atom. The third kappa shape index (κ3) is 7.49. The Bertz CT molecular complexity index is 735. The van der Waals surface area contributed by atoms with Crippen molar-refractivity contribution in [3.8, 4) is 0 Å². The molecule has 0 spiro atoms. The predicted octanol–water partition coefficient (Wildman–Crippen LogP) is 4.87. The number of ether oxygens (including phenoxy) is 2. The van der Waals surface area contributed by atoms with Gasteiger partial charge >= 0.3 is 12.1 Å². The molecule has 2 aromatic rings. The van der Waals surface area contributed by atoms with Gasteiger partial charge in [0.1, 0.15) is 6.61 Å². The van der Waals surface area contributed by atoms with E-state index in [9.17, 15) is 9.59 Å². The minimum absolute atomic E-state index is 0.184. The lowest BCUT2D eigenvalue weighted by molar-refractivity contribution is -0.147. The number of rotatable bonds is 8. The average Bonchev–Trinajstić information content (AvgIpc) is 2.64. The summed E-state index contributed by atoms with van der Waals surface area (Å²) in [6, 6.07) is 16.4. The zero-order chi connectivity index (χ0) is 19.6. The Hall–Kier alpha value is -2.24. The number of hydrogen-bond acceptors (Lipinski definition) is 4. The third-order valence-electron chi connectivity index (χ3n) is 3.75. The van der Waals surface area contributed by atoms with Crippen LogP contribution < -0.4 is 5.32 Å². The SMILES string of the molecule is CC(Cl)OC(=O)NCCC(C(=O)OCc1ccccc1)c1ccc(Cl)cc1. The number of hydrogen-bond donors (Lipinski definition) is 1. The summed E-state index contributed by atoms with van der Waals surface area (Å²) in [5.74, 6) is -0.915. The normalized spacial score (nSPS) is 12.7. The van der Waals surface area contributed by atoms with Crippen LogP contribution in [0.4, 0.5) is 4.79 Å². The second-order valence-electron chi connectivity index (χ2n) is 5.86. The van der Waals surface area contributed by atoms with Crippen molar-refractivity contribution >= 4 is 35.3 Å². The lowest BCUT2D eigenvalue weighted by Gasteiger charge is -2.17. The molecule has 0 fully saturated rings. The van der Waals surface area contributed by atoms with Crippen molar-refractivity contribution in [1.29, 1.82) is 0 Å². The standard InChI is InChI=1S/C20H21Cl2NO4/c1-14(21)27-20(25)23-12-11-18(16-7-9-17(22)10-8-16)19(24)26-13-15-5-3-2-4-6-15/h2-10,14,18H,11-13H2,1H3,(H,23,25). The summed E-state index contributed by atoms with van der Waals surface area (Å²) in [5, 5.41) is 3.15. The number of carbonyl (C=O) groups excluding carboxylic acids is 2. The number of alkyl carbamates (subject to hydrolysis) is 1. The van der Waals surface area contributed by atoms with E-state index in [4.69, 9.17) is 32.7 Å². The predicted molar refractivity (Wildman–Crippen MR) is 105 cm³/mol. The Balaban J connectivity index is 1.99. The van der Waals surface area contributed by atoms with Gasteiger partial charge in [0.15, 0.2) is 5.56 Å². The van der Waals surface area contributed by atoms with Gasteiger partial charge in [0, 0.05) is 11.6 Å². The highest BCUT2D eigenvalue weighted by molar-refractivity contribution is 6.30. The summed E-state index contributed by atoms with van der Waals surface area (Å²) >= 11 is 11.5. The first-order valence-corrected chi connectivity index (χ1v) is 9.31. The van der Waals surface area contributed by atoms with Crippen LogP contribution in [0.25, 0.3) is 0 Å². The van der Waals surface area contributed by atoms with Crippen molar-refractivity contribution in [2.24, 2.45) is 0 Å². The Labute approximate surface area is 168 Å². The molecule has 144 valence electrons. The highest BCUT2D eigenvalue weighted by Crippen LogP contribution is 2.23. The van der Waals surface area contributed by atoms with Gasteiger partial charge in [0.2, 0.25) is 0 Å². The fraction of sp³-hybridized carbons (Fsp3) is 0.300. The van der Waals surface area contributed by atoms with Crippen LogP contribution in [-0.2, 0) is 20.9 Å². The number of alkyl halides is 1. The summed E-state index contributed by atoms with van der Waals surface area (Å²) < 4.78 is 10.3. The molecule has 2 rings (SSSR count).